The van der Waals surface area contributed by atoms with E-state index in [4.69, 9.17) is 28.4 Å². The summed E-state index contributed by atoms with van der Waals surface area (Å²) in [6, 6.07) is -2.53. The fraction of sp³-hybridized carbons (Fsp3) is 0.925. The Kier molecular flexibility index (Phi) is 43.8. The molecule has 0 aliphatic carbocycles. The largest absolute Gasteiger partial charge is 0.477 e. The first-order chi connectivity index (χ1) is 43.4. The Labute approximate surface area is 537 Å². The molecule has 3 aliphatic heterocycles. The second-order valence-electron chi connectivity index (χ2n) is 25.7. The summed E-state index contributed by atoms with van der Waals surface area (Å²) in [6.45, 7) is 2.20. The number of ether oxygens (including phenoxy) is 6. The molecular formula is C67H124N2O21. The lowest BCUT2D eigenvalue weighted by Crippen LogP contribution is -2.70. The molecule has 0 aromatic rings. The van der Waals surface area contributed by atoms with Crippen molar-refractivity contribution in [3.05, 3.63) is 12.2 Å². The molecule has 1 unspecified atom stereocenters. The summed E-state index contributed by atoms with van der Waals surface area (Å²) in [4.78, 5) is 38.5. The van der Waals surface area contributed by atoms with Gasteiger partial charge in [0.05, 0.1) is 50.7 Å². The molecule has 0 spiro atoms. The lowest BCUT2D eigenvalue weighted by Gasteiger charge is -2.50. The maximum absolute atomic E-state index is 13.5. The summed E-state index contributed by atoms with van der Waals surface area (Å²) < 4.78 is 34.8. The van der Waals surface area contributed by atoms with Crippen molar-refractivity contribution >= 4 is 17.8 Å². The zero-order valence-electron chi connectivity index (χ0n) is 55.0. The molecule has 14 N–H and O–H groups in total. The van der Waals surface area contributed by atoms with Gasteiger partial charge in [0.15, 0.2) is 12.6 Å². The third-order valence-electron chi connectivity index (χ3n) is 18.0. The van der Waals surface area contributed by atoms with E-state index in [2.05, 4.69) is 36.6 Å². The SMILES string of the molecule is CCCCCCCC/C=C\CCCCCCCCCCCCCCCC(=O)N[C@@H](CO[C@@H]1O[C@H](CO)[C@@H](O[C@@H]2O[C@H](CO)[C@H](O)[C@H](O[C@]3(C(=O)O)C[C@H](O)[C@@H](NC(C)=O)C([C@H](O)[C@H](O)CO)O3)[C@H]2O)[C@H](O)[C@H]1O)[C@H](O)CCCCCCCCCCCCCCC. The van der Waals surface area contributed by atoms with Gasteiger partial charge in [0.25, 0.3) is 5.79 Å². The van der Waals surface area contributed by atoms with Gasteiger partial charge in [-0.25, -0.2) is 4.79 Å². The van der Waals surface area contributed by atoms with Crippen LogP contribution in [0.5, 0.6) is 0 Å². The first-order valence-electron chi connectivity index (χ1n) is 35.0. The van der Waals surface area contributed by atoms with Gasteiger partial charge in [-0.05, 0) is 38.5 Å². The van der Waals surface area contributed by atoms with Crippen LogP contribution in [-0.2, 0) is 42.8 Å². The fourth-order valence-electron chi connectivity index (χ4n) is 12.4. The molecule has 3 fully saturated rings. The van der Waals surface area contributed by atoms with Crippen molar-refractivity contribution in [3.63, 3.8) is 0 Å². The number of hydrogen-bond acceptors (Lipinski definition) is 20. The highest BCUT2D eigenvalue weighted by molar-refractivity contribution is 5.77. The van der Waals surface area contributed by atoms with Gasteiger partial charge in [0.2, 0.25) is 11.8 Å². The molecule has 18 atom stereocenters. The van der Waals surface area contributed by atoms with Gasteiger partial charge in [-0.2, -0.15) is 0 Å². The molecule has 23 nitrogen and oxygen atoms in total. The molecule has 0 aromatic carbocycles. The molecule has 90 heavy (non-hydrogen) atoms. The van der Waals surface area contributed by atoms with Gasteiger partial charge >= 0.3 is 5.97 Å². The summed E-state index contributed by atoms with van der Waals surface area (Å²) in [5.74, 6) is -6.10. The van der Waals surface area contributed by atoms with Crippen LogP contribution in [0.4, 0.5) is 0 Å². The Morgan fingerprint density at radius 1 is 0.567 bits per heavy atom. The van der Waals surface area contributed by atoms with Crippen LogP contribution in [0.15, 0.2) is 12.2 Å². The van der Waals surface area contributed by atoms with Crippen LogP contribution in [-0.4, -0.2) is 215 Å². The van der Waals surface area contributed by atoms with Crippen molar-refractivity contribution < 1.29 is 104 Å². The summed E-state index contributed by atoms with van der Waals surface area (Å²) in [6.07, 6.45) is 16.5. The van der Waals surface area contributed by atoms with Crippen LogP contribution in [0, 0.1) is 0 Å². The minimum Gasteiger partial charge on any atom is -0.477 e. The van der Waals surface area contributed by atoms with E-state index < -0.39 is 148 Å². The number of aliphatic carboxylic acids is 1. The summed E-state index contributed by atoms with van der Waals surface area (Å²) in [5.41, 5.74) is 0. The summed E-state index contributed by atoms with van der Waals surface area (Å²) >= 11 is 0. The van der Waals surface area contributed by atoms with E-state index in [0.717, 1.165) is 58.3 Å². The van der Waals surface area contributed by atoms with E-state index in [1.54, 1.807) is 0 Å². The molecule has 23 heteroatoms. The van der Waals surface area contributed by atoms with Gasteiger partial charge in [-0.1, -0.05) is 212 Å². The number of hydrogen-bond donors (Lipinski definition) is 14. The fourth-order valence-corrected chi connectivity index (χ4v) is 12.4. The maximum atomic E-state index is 13.5. The molecule has 0 radical (unpaired) electrons. The van der Waals surface area contributed by atoms with Crippen LogP contribution >= 0.6 is 0 Å². The topological polar surface area (TPSA) is 373 Å². The molecule has 0 saturated carbocycles. The van der Waals surface area contributed by atoms with E-state index in [9.17, 15) is 75.7 Å². The molecule has 3 saturated heterocycles. The average molecular weight is 1290 g/mol. The van der Waals surface area contributed by atoms with Crippen LogP contribution in [0.1, 0.15) is 258 Å². The Morgan fingerprint density at radius 2 is 1.03 bits per heavy atom. The number of aliphatic hydroxyl groups is 11. The zero-order valence-corrected chi connectivity index (χ0v) is 55.0. The van der Waals surface area contributed by atoms with E-state index in [0.29, 0.717) is 19.3 Å². The number of allylic oxidation sites excluding steroid dienone is 2. The van der Waals surface area contributed by atoms with Crippen LogP contribution in [0.3, 0.4) is 0 Å². The number of carboxylic acid groups (broad SMARTS) is 1. The summed E-state index contributed by atoms with van der Waals surface area (Å²) in [5, 5.41) is 136. The predicted molar refractivity (Wildman–Crippen MR) is 338 cm³/mol. The molecule has 528 valence electrons. The quantitative estimate of drug-likeness (QED) is 0.0235. The molecule has 3 heterocycles. The Morgan fingerprint density at radius 3 is 1.50 bits per heavy atom. The predicted octanol–water partition coefficient (Wildman–Crippen LogP) is 6.29. The lowest BCUT2D eigenvalue weighted by molar-refractivity contribution is -0.386. The highest BCUT2D eigenvalue weighted by atomic mass is 16.8. The number of unbranched alkanes of at least 4 members (excludes halogenated alkanes) is 31. The second-order valence-corrected chi connectivity index (χ2v) is 25.7. The smallest absolute Gasteiger partial charge is 0.364 e. The van der Waals surface area contributed by atoms with Gasteiger partial charge in [0, 0.05) is 19.8 Å². The molecule has 0 bridgehead atoms. The average Bonchev–Trinajstić information content (AvgIpc) is 0.889. The van der Waals surface area contributed by atoms with Crippen LogP contribution < -0.4 is 10.6 Å². The van der Waals surface area contributed by atoms with Gasteiger partial charge in [0.1, 0.15) is 67.1 Å². The zero-order chi connectivity index (χ0) is 66.1. The Hall–Kier alpha value is -2.53. The van der Waals surface area contributed by atoms with E-state index >= 15 is 0 Å². The second kappa shape index (κ2) is 48.2. The van der Waals surface area contributed by atoms with E-state index in [-0.39, 0.29) is 18.9 Å². The van der Waals surface area contributed by atoms with Gasteiger partial charge < -0.3 is 100 Å². The molecule has 2 amide bonds. The highest BCUT2D eigenvalue weighted by Crippen LogP contribution is 2.39. The minimum absolute atomic E-state index is 0.225. The maximum Gasteiger partial charge on any atom is 0.364 e. The monoisotopic (exact) mass is 1290 g/mol. The number of carbonyl (C=O) groups excluding carboxylic acids is 2. The Bertz CT molecular complexity index is 1870. The van der Waals surface area contributed by atoms with Crippen LogP contribution in [0.25, 0.3) is 0 Å². The number of rotatable bonds is 53. The highest BCUT2D eigenvalue weighted by Gasteiger charge is 2.60. The first kappa shape index (κ1) is 81.7. The third kappa shape index (κ3) is 30.5. The number of aliphatic hydroxyl groups excluding tert-OH is 11. The third-order valence-corrected chi connectivity index (χ3v) is 18.0. The van der Waals surface area contributed by atoms with Crippen molar-refractivity contribution in [1.29, 1.82) is 0 Å². The van der Waals surface area contributed by atoms with Crippen LogP contribution in [0.2, 0.25) is 0 Å². The number of nitrogens with one attached hydrogen (secondary N) is 2. The summed E-state index contributed by atoms with van der Waals surface area (Å²) in [7, 11) is 0. The standard InChI is InChI=1S/C67H124N2O21/c1-4-6-8-10-12-14-16-18-19-20-21-22-23-24-25-26-27-29-31-33-35-37-39-41-54(77)69-48(49(74)40-38-36-34-32-30-28-17-15-13-11-9-7-5-2)46-85-64-59(81)58(80)61(53(45-72)87-64)88-65-60(82)63(57(79)52(44-71)86-65)90-67(66(83)84)42-50(75)55(68-47(3)73)62(89-67)56(78)51(76)43-70/h18-19,48-53,55-65,70-72,74-76,78-82H,4-17,20-46H2,1-3H3,(H,68,73)(H,69,77)(H,83,84)/b19-18-/t48-,49+,50-,51+,52+,53+,55+,56+,57-,58+,59+,60+,61+,62?,63-,64+,65-,67-/m0/s1. The molecule has 3 rings (SSSR count). The van der Waals surface area contributed by atoms with Crippen molar-refractivity contribution in [1.82, 2.24) is 10.6 Å². The molecular weight excluding hydrogens is 1170 g/mol. The van der Waals surface area contributed by atoms with Crippen molar-refractivity contribution in [2.45, 2.75) is 368 Å². The van der Waals surface area contributed by atoms with Gasteiger partial charge in [-0.3, -0.25) is 9.59 Å². The number of carbonyl (C=O) groups is 3. The number of amides is 2. The van der Waals surface area contributed by atoms with E-state index in [1.807, 2.05) is 0 Å². The van der Waals surface area contributed by atoms with Gasteiger partial charge in [-0.15, -0.1) is 0 Å². The van der Waals surface area contributed by atoms with E-state index in [1.165, 1.54) is 154 Å². The first-order valence-corrected chi connectivity index (χ1v) is 35.0. The number of carboxylic acids is 1. The van der Waals surface area contributed by atoms with Crippen molar-refractivity contribution in [3.8, 4) is 0 Å². The van der Waals surface area contributed by atoms with Crippen molar-refractivity contribution in [2.75, 3.05) is 26.4 Å². The lowest BCUT2D eigenvalue weighted by atomic mass is 9.88. The van der Waals surface area contributed by atoms with Crippen molar-refractivity contribution in [2.24, 2.45) is 0 Å². The minimum atomic E-state index is -3.08. The Balaban J connectivity index is 1.56. The normalized spacial score (nSPS) is 28.6. The molecule has 3 aliphatic rings. The molecule has 0 aromatic heterocycles.